The molecule has 2 rings (SSSR count). The van der Waals surface area contributed by atoms with E-state index in [2.05, 4.69) is 50.6 Å². The Hall–Kier alpha value is -0.690. The molecule has 0 bridgehead atoms. The normalized spacial score (nSPS) is 13.2. The van der Waals surface area contributed by atoms with Crippen molar-refractivity contribution in [3.8, 4) is 0 Å². The van der Waals surface area contributed by atoms with Crippen LogP contribution in [0.2, 0.25) is 0 Å². The lowest BCUT2D eigenvalue weighted by molar-refractivity contribution is 0.243. The smallest absolute Gasteiger partial charge is 0.0641 e. The van der Waals surface area contributed by atoms with Crippen molar-refractivity contribution in [1.82, 2.24) is 14.7 Å². The lowest BCUT2D eigenvalue weighted by Gasteiger charge is -2.26. The molecule has 0 aliphatic heterocycles. The molecule has 0 spiro atoms. The average molecular weight is 343 g/mol. The fourth-order valence-corrected chi connectivity index (χ4v) is 3.80. The summed E-state index contributed by atoms with van der Waals surface area (Å²) in [6, 6.07) is 2.36. The maximum atomic E-state index is 5.96. The second-order valence-corrected chi connectivity index (χ2v) is 6.65. The lowest BCUT2D eigenvalue weighted by Crippen LogP contribution is -2.30. The predicted molar refractivity (Wildman–Crippen MR) is 83.2 cm³/mol. The van der Waals surface area contributed by atoms with Crippen molar-refractivity contribution in [2.75, 3.05) is 13.6 Å². The van der Waals surface area contributed by atoms with Crippen molar-refractivity contribution >= 4 is 27.3 Å². The molecule has 1 atom stereocenters. The van der Waals surface area contributed by atoms with Crippen LogP contribution >= 0.6 is 27.3 Å². The molecule has 1 unspecified atom stereocenters. The minimum Gasteiger partial charge on any atom is -0.329 e. The van der Waals surface area contributed by atoms with E-state index in [-0.39, 0.29) is 6.04 Å². The Kier molecular flexibility index (Phi) is 4.78. The zero-order chi connectivity index (χ0) is 14.0. The van der Waals surface area contributed by atoms with Gasteiger partial charge in [0.05, 0.1) is 11.7 Å². The Morgan fingerprint density at radius 2 is 2.32 bits per heavy atom. The van der Waals surface area contributed by atoms with Gasteiger partial charge in [-0.05, 0) is 36.0 Å². The maximum absolute atomic E-state index is 5.96. The molecule has 2 aromatic rings. The Bertz CT molecular complexity index is 549. The number of likely N-dealkylation sites (N-methyl/N-ethyl adjacent to an activating group) is 1. The highest BCUT2D eigenvalue weighted by Gasteiger charge is 2.20. The molecule has 0 aromatic carbocycles. The molecule has 104 valence electrons. The van der Waals surface area contributed by atoms with Crippen molar-refractivity contribution < 1.29 is 0 Å². The third-order valence-corrected chi connectivity index (χ3v) is 4.88. The molecule has 6 heteroatoms. The monoisotopic (exact) mass is 342 g/mol. The fourth-order valence-electron chi connectivity index (χ4n) is 2.28. The van der Waals surface area contributed by atoms with E-state index in [1.807, 2.05) is 18.7 Å². The van der Waals surface area contributed by atoms with Crippen molar-refractivity contribution in [3.05, 3.63) is 38.3 Å². The van der Waals surface area contributed by atoms with Crippen molar-refractivity contribution in [2.45, 2.75) is 19.5 Å². The van der Waals surface area contributed by atoms with E-state index in [1.165, 1.54) is 10.4 Å². The summed E-state index contributed by atoms with van der Waals surface area (Å²) in [6.07, 6.45) is 2.06. The minimum absolute atomic E-state index is 0.203. The Morgan fingerprint density at radius 3 is 2.79 bits per heavy atom. The summed E-state index contributed by atoms with van der Waals surface area (Å²) in [5.41, 5.74) is 8.22. The second-order valence-electron chi connectivity index (χ2n) is 4.74. The maximum Gasteiger partial charge on any atom is 0.0641 e. The number of nitrogens with zero attached hydrogens (tertiary/aromatic N) is 3. The SMILES string of the molecule is Cc1nn(C)cc1C(CN)N(C)Cc1cc(Br)cs1. The first kappa shape index (κ1) is 14.7. The van der Waals surface area contributed by atoms with Crippen LogP contribution in [0.15, 0.2) is 22.1 Å². The minimum atomic E-state index is 0.203. The molecular weight excluding hydrogens is 324 g/mol. The lowest BCUT2D eigenvalue weighted by atomic mass is 10.1. The van der Waals surface area contributed by atoms with Gasteiger partial charge in [-0.15, -0.1) is 11.3 Å². The van der Waals surface area contributed by atoms with Crippen LogP contribution in [0.3, 0.4) is 0 Å². The number of rotatable bonds is 5. The van der Waals surface area contributed by atoms with E-state index in [1.54, 1.807) is 11.3 Å². The molecule has 2 N–H and O–H groups in total. The molecule has 0 aliphatic rings. The standard InChI is InChI=1S/C13H19BrN4S/c1-9-12(7-18(3)16-9)13(5-15)17(2)6-11-4-10(14)8-19-11/h4,7-8,13H,5-6,15H2,1-3H3. The van der Waals surface area contributed by atoms with E-state index in [4.69, 9.17) is 5.73 Å². The molecule has 19 heavy (non-hydrogen) atoms. The van der Waals surface area contributed by atoms with Gasteiger partial charge in [0.25, 0.3) is 0 Å². The highest BCUT2D eigenvalue weighted by atomic mass is 79.9. The van der Waals surface area contributed by atoms with Gasteiger partial charge < -0.3 is 5.73 Å². The quantitative estimate of drug-likeness (QED) is 0.908. The van der Waals surface area contributed by atoms with Crippen LogP contribution in [-0.2, 0) is 13.6 Å². The van der Waals surface area contributed by atoms with E-state index in [9.17, 15) is 0 Å². The average Bonchev–Trinajstić information content (AvgIpc) is 2.87. The van der Waals surface area contributed by atoms with Gasteiger partial charge in [0.2, 0.25) is 0 Å². The van der Waals surface area contributed by atoms with Gasteiger partial charge in [0, 0.05) is 46.6 Å². The third-order valence-electron chi connectivity index (χ3n) is 3.19. The van der Waals surface area contributed by atoms with Crippen LogP contribution in [0, 0.1) is 6.92 Å². The van der Waals surface area contributed by atoms with Crippen molar-refractivity contribution in [1.29, 1.82) is 0 Å². The first-order chi connectivity index (χ1) is 9.01. The van der Waals surface area contributed by atoms with E-state index >= 15 is 0 Å². The molecular formula is C13H19BrN4S. The summed E-state index contributed by atoms with van der Waals surface area (Å²) in [5.74, 6) is 0. The van der Waals surface area contributed by atoms with Gasteiger partial charge >= 0.3 is 0 Å². The molecule has 0 amide bonds. The summed E-state index contributed by atoms with van der Waals surface area (Å²) < 4.78 is 2.99. The van der Waals surface area contributed by atoms with E-state index in [0.29, 0.717) is 6.54 Å². The number of aromatic nitrogens is 2. The predicted octanol–water partition coefficient (Wildman–Crippen LogP) is 2.68. The molecule has 0 fully saturated rings. The van der Waals surface area contributed by atoms with E-state index in [0.717, 1.165) is 16.7 Å². The Morgan fingerprint density at radius 1 is 1.58 bits per heavy atom. The molecule has 2 aromatic heterocycles. The zero-order valence-electron chi connectivity index (χ0n) is 11.4. The Balaban J connectivity index is 2.15. The summed E-state index contributed by atoms with van der Waals surface area (Å²) in [5, 5.41) is 6.51. The number of nitrogens with two attached hydrogens (primary N) is 1. The van der Waals surface area contributed by atoms with Gasteiger partial charge in [-0.2, -0.15) is 5.10 Å². The topological polar surface area (TPSA) is 47.1 Å². The molecule has 0 saturated heterocycles. The molecule has 2 heterocycles. The Labute approximate surface area is 126 Å². The van der Waals surface area contributed by atoms with Crippen LogP contribution in [0.25, 0.3) is 0 Å². The fraction of sp³-hybridized carbons (Fsp3) is 0.462. The molecule has 0 radical (unpaired) electrons. The first-order valence-electron chi connectivity index (χ1n) is 6.14. The van der Waals surface area contributed by atoms with Crippen LogP contribution in [0.4, 0.5) is 0 Å². The number of hydrogen-bond donors (Lipinski definition) is 1. The second kappa shape index (κ2) is 6.17. The van der Waals surface area contributed by atoms with Gasteiger partial charge in [-0.25, -0.2) is 0 Å². The van der Waals surface area contributed by atoms with Gasteiger partial charge in [-0.3, -0.25) is 9.58 Å². The highest BCUT2D eigenvalue weighted by molar-refractivity contribution is 9.10. The van der Waals surface area contributed by atoms with Crippen LogP contribution < -0.4 is 5.73 Å². The number of halogens is 1. The van der Waals surface area contributed by atoms with Crippen LogP contribution in [0.5, 0.6) is 0 Å². The van der Waals surface area contributed by atoms with Gasteiger partial charge in [0.15, 0.2) is 0 Å². The summed E-state index contributed by atoms with van der Waals surface area (Å²) >= 11 is 5.25. The zero-order valence-corrected chi connectivity index (χ0v) is 13.8. The molecule has 0 aliphatic carbocycles. The number of hydrogen-bond acceptors (Lipinski definition) is 4. The third kappa shape index (κ3) is 3.45. The van der Waals surface area contributed by atoms with Gasteiger partial charge in [0.1, 0.15) is 0 Å². The van der Waals surface area contributed by atoms with Crippen molar-refractivity contribution in [3.63, 3.8) is 0 Å². The molecule has 4 nitrogen and oxygen atoms in total. The number of aryl methyl sites for hydroxylation is 2. The number of thiophene rings is 1. The largest absolute Gasteiger partial charge is 0.329 e. The first-order valence-corrected chi connectivity index (χ1v) is 7.82. The van der Waals surface area contributed by atoms with Crippen molar-refractivity contribution in [2.24, 2.45) is 12.8 Å². The van der Waals surface area contributed by atoms with Crippen LogP contribution in [-0.4, -0.2) is 28.3 Å². The van der Waals surface area contributed by atoms with Crippen LogP contribution in [0.1, 0.15) is 22.2 Å². The van der Waals surface area contributed by atoms with E-state index < -0.39 is 0 Å². The van der Waals surface area contributed by atoms with Gasteiger partial charge in [-0.1, -0.05) is 0 Å². The highest BCUT2D eigenvalue weighted by Crippen LogP contribution is 2.26. The summed E-state index contributed by atoms with van der Waals surface area (Å²) in [4.78, 5) is 3.61. The summed E-state index contributed by atoms with van der Waals surface area (Å²) in [7, 11) is 4.05. The summed E-state index contributed by atoms with van der Waals surface area (Å²) in [6.45, 7) is 3.52. The molecule has 0 saturated carbocycles.